The molecule has 0 bridgehead atoms. The number of hydrogen-bond acceptors (Lipinski definition) is 2. The van der Waals surface area contributed by atoms with Crippen LogP contribution in [0.25, 0.3) is 0 Å². The molecule has 0 radical (unpaired) electrons. The van der Waals surface area contributed by atoms with E-state index in [1.165, 1.54) is 6.07 Å². The van der Waals surface area contributed by atoms with Crippen molar-refractivity contribution in [1.82, 2.24) is 10.3 Å². The van der Waals surface area contributed by atoms with Gasteiger partial charge in [-0.25, -0.2) is 4.39 Å². The smallest absolute Gasteiger partial charge is 0.127 e. The van der Waals surface area contributed by atoms with E-state index >= 15 is 0 Å². The topological polar surface area (TPSA) is 24.9 Å². The van der Waals surface area contributed by atoms with Crippen LogP contribution < -0.4 is 5.32 Å². The molecule has 0 spiro atoms. The number of aromatic nitrogens is 1. The fourth-order valence-electron chi connectivity index (χ4n) is 1.98. The Hall–Kier alpha value is -1.26. The van der Waals surface area contributed by atoms with E-state index in [0.717, 1.165) is 10.0 Å². The van der Waals surface area contributed by atoms with Crippen LogP contribution in [0.5, 0.6) is 0 Å². The molecule has 1 atom stereocenters. The maximum Gasteiger partial charge on any atom is 0.127 e. The first kappa shape index (κ1) is 13.2. The van der Waals surface area contributed by atoms with Crippen molar-refractivity contribution in [2.75, 3.05) is 13.6 Å². The SMILES string of the molecule is CNCC(c1cccnc1)c1cc(Br)ccc1F. The molecule has 1 heterocycles. The Labute approximate surface area is 114 Å². The van der Waals surface area contributed by atoms with Crippen molar-refractivity contribution in [2.45, 2.75) is 5.92 Å². The largest absolute Gasteiger partial charge is 0.319 e. The van der Waals surface area contributed by atoms with Crippen LogP contribution in [0, 0.1) is 5.82 Å². The molecule has 2 rings (SSSR count). The van der Waals surface area contributed by atoms with Crippen molar-refractivity contribution in [2.24, 2.45) is 0 Å². The number of nitrogens with one attached hydrogen (secondary N) is 1. The van der Waals surface area contributed by atoms with Crippen LogP contribution in [0.3, 0.4) is 0 Å². The molecule has 0 fully saturated rings. The van der Waals surface area contributed by atoms with Crippen molar-refractivity contribution in [3.63, 3.8) is 0 Å². The predicted octanol–water partition coefficient (Wildman–Crippen LogP) is 3.33. The third kappa shape index (κ3) is 2.94. The lowest BCUT2D eigenvalue weighted by molar-refractivity contribution is 0.586. The normalized spacial score (nSPS) is 12.4. The molecule has 1 aromatic carbocycles. The van der Waals surface area contributed by atoms with Crippen LogP contribution in [0.1, 0.15) is 17.0 Å². The van der Waals surface area contributed by atoms with Gasteiger partial charge in [-0.2, -0.15) is 0 Å². The summed E-state index contributed by atoms with van der Waals surface area (Å²) in [5.74, 6) is -0.233. The molecule has 0 amide bonds. The highest BCUT2D eigenvalue weighted by molar-refractivity contribution is 9.10. The van der Waals surface area contributed by atoms with Gasteiger partial charge in [0.25, 0.3) is 0 Å². The van der Waals surface area contributed by atoms with Gasteiger partial charge < -0.3 is 5.32 Å². The average molecular weight is 309 g/mol. The van der Waals surface area contributed by atoms with E-state index in [0.29, 0.717) is 12.1 Å². The van der Waals surface area contributed by atoms with Gasteiger partial charge in [-0.15, -0.1) is 0 Å². The lowest BCUT2D eigenvalue weighted by atomic mass is 9.92. The molecule has 2 aromatic rings. The molecule has 1 aromatic heterocycles. The fourth-order valence-corrected chi connectivity index (χ4v) is 2.35. The number of nitrogens with zero attached hydrogens (tertiary/aromatic N) is 1. The lowest BCUT2D eigenvalue weighted by Gasteiger charge is -2.18. The minimum Gasteiger partial charge on any atom is -0.319 e. The maximum atomic E-state index is 14.0. The third-order valence-electron chi connectivity index (χ3n) is 2.83. The average Bonchev–Trinajstić information content (AvgIpc) is 2.40. The number of likely N-dealkylation sites (N-methyl/N-ethyl adjacent to an activating group) is 1. The highest BCUT2D eigenvalue weighted by Gasteiger charge is 2.17. The van der Waals surface area contributed by atoms with Gasteiger partial charge in [-0.3, -0.25) is 4.98 Å². The van der Waals surface area contributed by atoms with Gasteiger partial charge in [0, 0.05) is 29.3 Å². The fraction of sp³-hybridized carbons (Fsp3) is 0.214. The van der Waals surface area contributed by atoms with Crippen molar-refractivity contribution in [1.29, 1.82) is 0 Å². The molecule has 0 saturated carbocycles. The molecule has 2 nitrogen and oxygen atoms in total. The van der Waals surface area contributed by atoms with E-state index in [2.05, 4.69) is 26.2 Å². The Morgan fingerprint density at radius 2 is 2.22 bits per heavy atom. The van der Waals surface area contributed by atoms with E-state index in [1.54, 1.807) is 18.5 Å². The summed E-state index contributed by atoms with van der Waals surface area (Å²) >= 11 is 3.39. The molecular weight excluding hydrogens is 295 g/mol. The quantitative estimate of drug-likeness (QED) is 0.937. The van der Waals surface area contributed by atoms with Crippen LogP contribution in [0.4, 0.5) is 4.39 Å². The highest BCUT2D eigenvalue weighted by atomic mass is 79.9. The zero-order chi connectivity index (χ0) is 13.0. The third-order valence-corrected chi connectivity index (χ3v) is 3.32. The van der Waals surface area contributed by atoms with Gasteiger partial charge in [-0.05, 0) is 42.4 Å². The molecule has 4 heteroatoms. The Kier molecular flexibility index (Phi) is 4.44. The van der Waals surface area contributed by atoms with Crippen molar-refractivity contribution < 1.29 is 4.39 Å². The number of pyridine rings is 1. The van der Waals surface area contributed by atoms with Crippen molar-refractivity contribution in [3.05, 3.63) is 64.1 Å². The molecule has 1 unspecified atom stereocenters. The van der Waals surface area contributed by atoms with E-state index in [9.17, 15) is 4.39 Å². The first-order valence-corrected chi connectivity index (χ1v) is 6.51. The first-order chi connectivity index (χ1) is 8.72. The lowest BCUT2D eigenvalue weighted by Crippen LogP contribution is -2.19. The predicted molar refractivity (Wildman–Crippen MR) is 74.1 cm³/mol. The van der Waals surface area contributed by atoms with E-state index in [4.69, 9.17) is 0 Å². The number of halogens is 2. The molecule has 0 aliphatic rings. The molecule has 1 N–H and O–H groups in total. The standard InChI is InChI=1S/C14H14BrFN2/c1-17-9-13(10-3-2-6-18-8-10)12-7-11(15)4-5-14(12)16/h2-8,13,17H,9H2,1H3. The Morgan fingerprint density at radius 3 is 2.89 bits per heavy atom. The van der Waals surface area contributed by atoms with E-state index in [1.807, 2.05) is 25.2 Å². The second kappa shape index (κ2) is 6.07. The van der Waals surface area contributed by atoms with Crippen LogP contribution in [-0.4, -0.2) is 18.6 Å². The van der Waals surface area contributed by atoms with Crippen LogP contribution in [-0.2, 0) is 0 Å². The summed E-state index contributed by atoms with van der Waals surface area (Å²) in [6, 6.07) is 8.85. The summed E-state index contributed by atoms with van der Waals surface area (Å²) in [7, 11) is 1.86. The summed E-state index contributed by atoms with van der Waals surface area (Å²) < 4.78 is 14.8. The zero-order valence-corrected chi connectivity index (χ0v) is 11.6. The Balaban J connectivity index is 2.44. The number of rotatable bonds is 4. The number of benzene rings is 1. The molecule has 0 saturated heterocycles. The van der Waals surface area contributed by atoms with Gasteiger partial charge in [-0.1, -0.05) is 22.0 Å². The first-order valence-electron chi connectivity index (χ1n) is 5.72. The minimum absolute atomic E-state index is 0.0406. The van der Waals surface area contributed by atoms with Crippen molar-refractivity contribution in [3.8, 4) is 0 Å². The summed E-state index contributed by atoms with van der Waals surface area (Å²) in [4.78, 5) is 4.10. The Morgan fingerprint density at radius 1 is 1.39 bits per heavy atom. The van der Waals surface area contributed by atoms with Gasteiger partial charge in [0.05, 0.1) is 0 Å². The van der Waals surface area contributed by atoms with E-state index in [-0.39, 0.29) is 11.7 Å². The zero-order valence-electron chi connectivity index (χ0n) is 10.0. The molecule has 94 valence electrons. The Bertz CT molecular complexity index is 516. The monoisotopic (exact) mass is 308 g/mol. The molecular formula is C14H14BrFN2. The van der Waals surface area contributed by atoms with E-state index < -0.39 is 0 Å². The highest BCUT2D eigenvalue weighted by Crippen LogP contribution is 2.28. The number of hydrogen-bond donors (Lipinski definition) is 1. The summed E-state index contributed by atoms with van der Waals surface area (Å²) in [5, 5.41) is 3.10. The summed E-state index contributed by atoms with van der Waals surface area (Å²) in [6.45, 7) is 0.666. The summed E-state index contributed by atoms with van der Waals surface area (Å²) in [6.07, 6.45) is 3.50. The van der Waals surface area contributed by atoms with Crippen LogP contribution >= 0.6 is 15.9 Å². The van der Waals surface area contributed by atoms with Gasteiger partial charge in [0.15, 0.2) is 0 Å². The van der Waals surface area contributed by atoms with Gasteiger partial charge >= 0.3 is 0 Å². The van der Waals surface area contributed by atoms with Crippen LogP contribution in [0.2, 0.25) is 0 Å². The van der Waals surface area contributed by atoms with Gasteiger partial charge in [0.1, 0.15) is 5.82 Å². The summed E-state index contributed by atoms with van der Waals surface area (Å²) in [5.41, 5.74) is 1.68. The molecule has 0 aliphatic carbocycles. The second-order valence-corrected chi connectivity index (χ2v) is 4.98. The second-order valence-electron chi connectivity index (χ2n) is 4.06. The minimum atomic E-state index is -0.192. The van der Waals surface area contributed by atoms with Crippen LogP contribution in [0.15, 0.2) is 47.2 Å². The maximum absolute atomic E-state index is 14.0. The van der Waals surface area contributed by atoms with Gasteiger partial charge in [0.2, 0.25) is 0 Å². The molecule has 0 aliphatic heterocycles. The van der Waals surface area contributed by atoms with Crippen molar-refractivity contribution >= 4 is 15.9 Å². The molecule has 18 heavy (non-hydrogen) atoms.